The molecular formula is C11H12ClNO2S. The number of thioether (sulfide) groups is 1. The molecule has 86 valence electrons. The summed E-state index contributed by atoms with van der Waals surface area (Å²) in [5.74, 6) is 0.864. The molecule has 0 aliphatic rings. The lowest BCUT2D eigenvalue weighted by Crippen LogP contribution is -2.14. The summed E-state index contributed by atoms with van der Waals surface area (Å²) in [5, 5.41) is 12.5. The third-order valence-corrected chi connectivity index (χ3v) is 2.87. The van der Waals surface area contributed by atoms with Gasteiger partial charge in [-0.15, -0.1) is 18.3 Å². The Morgan fingerprint density at radius 2 is 2.38 bits per heavy atom. The first-order valence-corrected chi connectivity index (χ1v) is 6.13. The van der Waals surface area contributed by atoms with Crippen molar-refractivity contribution in [2.24, 2.45) is 0 Å². The van der Waals surface area contributed by atoms with Gasteiger partial charge in [-0.1, -0.05) is 17.7 Å². The van der Waals surface area contributed by atoms with Gasteiger partial charge in [0.25, 0.3) is 0 Å². The molecule has 2 N–H and O–H groups in total. The molecule has 0 aliphatic heterocycles. The molecule has 0 spiro atoms. The van der Waals surface area contributed by atoms with Crippen molar-refractivity contribution in [2.45, 2.75) is 0 Å². The van der Waals surface area contributed by atoms with Gasteiger partial charge < -0.3 is 10.4 Å². The number of phenols is 1. The highest BCUT2D eigenvalue weighted by Crippen LogP contribution is 2.26. The average Bonchev–Trinajstić information content (AvgIpc) is 2.24. The van der Waals surface area contributed by atoms with Crippen LogP contribution in [0.25, 0.3) is 0 Å². The van der Waals surface area contributed by atoms with Crippen LogP contribution in [0.1, 0.15) is 0 Å². The Labute approximate surface area is 103 Å². The number of rotatable bonds is 5. The number of amides is 1. The molecule has 16 heavy (non-hydrogen) atoms. The summed E-state index contributed by atoms with van der Waals surface area (Å²) in [4.78, 5) is 11.4. The van der Waals surface area contributed by atoms with Gasteiger partial charge in [-0.25, -0.2) is 0 Å². The van der Waals surface area contributed by atoms with Crippen molar-refractivity contribution in [3.8, 4) is 5.75 Å². The first kappa shape index (κ1) is 12.9. The van der Waals surface area contributed by atoms with Crippen LogP contribution in [-0.2, 0) is 4.79 Å². The molecule has 0 bridgehead atoms. The fourth-order valence-corrected chi connectivity index (χ4v) is 1.74. The Morgan fingerprint density at radius 3 is 3.06 bits per heavy atom. The predicted molar refractivity (Wildman–Crippen MR) is 69.3 cm³/mol. The molecule has 1 rings (SSSR count). The molecular weight excluding hydrogens is 246 g/mol. The highest BCUT2D eigenvalue weighted by molar-refractivity contribution is 8.00. The smallest absolute Gasteiger partial charge is 0.234 e. The summed E-state index contributed by atoms with van der Waals surface area (Å²) >= 11 is 7.19. The third-order valence-electron chi connectivity index (χ3n) is 1.70. The lowest BCUT2D eigenvalue weighted by atomic mass is 10.3. The van der Waals surface area contributed by atoms with Crippen molar-refractivity contribution >= 4 is 35.0 Å². The van der Waals surface area contributed by atoms with E-state index < -0.39 is 0 Å². The van der Waals surface area contributed by atoms with Gasteiger partial charge in [-0.05, 0) is 18.2 Å². The molecule has 0 heterocycles. The van der Waals surface area contributed by atoms with Crippen molar-refractivity contribution in [3.63, 3.8) is 0 Å². The maximum absolute atomic E-state index is 11.4. The fraction of sp³-hybridized carbons (Fsp3) is 0.182. The van der Waals surface area contributed by atoms with Crippen molar-refractivity contribution in [1.29, 1.82) is 0 Å². The number of carbonyl (C=O) groups is 1. The number of nitrogens with one attached hydrogen (secondary N) is 1. The van der Waals surface area contributed by atoms with Gasteiger partial charge >= 0.3 is 0 Å². The highest BCUT2D eigenvalue weighted by Gasteiger charge is 2.06. The molecule has 0 aromatic heterocycles. The summed E-state index contributed by atoms with van der Waals surface area (Å²) in [5.41, 5.74) is 0.330. The van der Waals surface area contributed by atoms with Crippen LogP contribution in [0.2, 0.25) is 5.02 Å². The van der Waals surface area contributed by atoms with Crippen molar-refractivity contribution in [1.82, 2.24) is 0 Å². The van der Waals surface area contributed by atoms with E-state index >= 15 is 0 Å². The van der Waals surface area contributed by atoms with E-state index in [9.17, 15) is 9.90 Å². The number of benzene rings is 1. The van der Waals surface area contributed by atoms with Gasteiger partial charge in [0.2, 0.25) is 5.91 Å². The van der Waals surface area contributed by atoms with E-state index in [1.54, 1.807) is 12.1 Å². The van der Waals surface area contributed by atoms with Gasteiger partial charge in [0, 0.05) is 10.8 Å². The Hall–Kier alpha value is -1.13. The van der Waals surface area contributed by atoms with Crippen molar-refractivity contribution < 1.29 is 9.90 Å². The molecule has 0 aliphatic carbocycles. The third kappa shape index (κ3) is 4.16. The SMILES string of the molecule is C=CCSCC(=O)Nc1cc(Cl)ccc1O. The summed E-state index contributed by atoms with van der Waals surface area (Å²) in [7, 11) is 0. The van der Waals surface area contributed by atoms with Crippen LogP contribution in [0.5, 0.6) is 5.75 Å². The predicted octanol–water partition coefficient (Wildman–Crippen LogP) is 2.90. The van der Waals surface area contributed by atoms with Crippen LogP contribution in [-0.4, -0.2) is 22.5 Å². The summed E-state index contributed by atoms with van der Waals surface area (Å²) in [6.07, 6.45) is 1.73. The Bertz CT molecular complexity index is 396. The van der Waals surface area contributed by atoms with E-state index in [1.165, 1.54) is 23.9 Å². The molecule has 0 saturated heterocycles. The number of hydrogen-bond acceptors (Lipinski definition) is 3. The van der Waals surface area contributed by atoms with E-state index in [-0.39, 0.29) is 11.7 Å². The number of carbonyl (C=O) groups excluding carboxylic acids is 1. The fourth-order valence-electron chi connectivity index (χ4n) is 1.03. The first-order chi connectivity index (χ1) is 7.63. The van der Waals surface area contributed by atoms with Crippen LogP contribution in [0.4, 0.5) is 5.69 Å². The Kier molecular flexibility index (Phi) is 5.22. The summed E-state index contributed by atoms with van der Waals surface area (Å²) in [6.45, 7) is 3.56. The molecule has 1 aromatic rings. The van der Waals surface area contributed by atoms with Crippen molar-refractivity contribution in [2.75, 3.05) is 16.8 Å². The lowest BCUT2D eigenvalue weighted by molar-refractivity contribution is -0.113. The Balaban J connectivity index is 2.55. The normalized spacial score (nSPS) is 9.81. The van der Waals surface area contributed by atoms with Crippen LogP contribution in [0.3, 0.4) is 0 Å². The molecule has 3 nitrogen and oxygen atoms in total. The largest absolute Gasteiger partial charge is 0.506 e. The van der Waals surface area contributed by atoms with Crippen LogP contribution < -0.4 is 5.32 Å². The number of halogens is 1. The summed E-state index contributed by atoms with van der Waals surface area (Å²) in [6, 6.07) is 4.50. The molecule has 0 radical (unpaired) electrons. The second-order valence-electron chi connectivity index (χ2n) is 3.01. The Morgan fingerprint density at radius 1 is 1.62 bits per heavy atom. The number of aromatic hydroxyl groups is 1. The highest BCUT2D eigenvalue weighted by atomic mass is 35.5. The zero-order valence-electron chi connectivity index (χ0n) is 8.57. The average molecular weight is 258 g/mol. The van der Waals surface area contributed by atoms with Crippen LogP contribution in [0.15, 0.2) is 30.9 Å². The minimum atomic E-state index is -0.176. The van der Waals surface area contributed by atoms with E-state index in [0.29, 0.717) is 16.5 Å². The monoisotopic (exact) mass is 257 g/mol. The van der Waals surface area contributed by atoms with Crippen molar-refractivity contribution in [3.05, 3.63) is 35.9 Å². The molecule has 0 saturated carbocycles. The van der Waals surface area contributed by atoms with E-state index in [1.807, 2.05) is 0 Å². The van der Waals surface area contributed by atoms with Gasteiger partial charge in [-0.3, -0.25) is 4.79 Å². The van der Waals surface area contributed by atoms with Crippen LogP contribution >= 0.6 is 23.4 Å². The molecule has 0 fully saturated rings. The first-order valence-electron chi connectivity index (χ1n) is 4.60. The second kappa shape index (κ2) is 6.45. The molecule has 1 aromatic carbocycles. The summed E-state index contributed by atoms with van der Waals surface area (Å²) < 4.78 is 0. The molecule has 5 heteroatoms. The van der Waals surface area contributed by atoms with Gasteiger partial charge in [0.1, 0.15) is 5.75 Å². The minimum Gasteiger partial charge on any atom is -0.506 e. The second-order valence-corrected chi connectivity index (χ2v) is 4.48. The maximum Gasteiger partial charge on any atom is 0.234 e. The van der Waals surface area contributed by atoms with Gasteiger partial charge in [0.15, 0.2) is 0 Å². The van der Waals surface area contributed by atoms with E-state index in [0.717, 1.165) is 5.75 Å². The molecule has 1 amide bonds. The topological polar surface area (TPSA) is 49.3 Å². The number of anilines is 1. The number of hydrogen-bond donors (Lipinski definition) is 2. The molecule has 0 unspecified atom stereocenters. The maximum atomic E-state index is 11.4. The standard InChI is InChI=1S/C11H12ClNO2S/c1-2-5-16-7-11(15)13-9-6-8(12)3-4-10(9)14/h2-4,6,14H,1,5,7H2,(H,13,15). The number of phenolic OH excluding ortho intramolecular Hbond substituents is 1. The zero-order valence-corrected chi connectivity index (χ0v) is 10.1. The van der Waals surface area contributed by atoms with Crippen LogP contribution in [0, 0.1) is 0 Å². The van der Waals surface area contributed by atoms with E-state index in [4.69, 9.17) is 11.6 Å². The zero-order chi connectivity index (χ0) is 12.0. The molecule has 0 atom stereocenters. The minimum absolute atomic E-state index is 0.00599. The van der Waals surface area contributed by atoms with Gasteiger partial charge in [0.05, 0.1) is 11.4 Å². The quantitative estimate of drug-likeness (QED) is 0.484. The van der Waals surface area contributed by atoms with Gasteiger partial charge in [-0.2, -0.15) is 0 Å². The lowest BCUT2D eigenvalue weighted by Gasteiger charge is -2.06. The van der Waals surface area contributed by atoms with E-state index in [2.05, 4.69) is 11.9 Å².